The molecule has 22 heavy (non-hydrogen) atoms. The van der Waals surface area contributed by atoms with Crippen LogP contribution in [0.25, 0.3) is 11.0 Å². The summed E-state index contributed by atoms with van der Waals surface area (Å²) in [6.07, 6.45) is 1.20. The number of carbonyl (C=O) groups is 1. The largest absolute Gasteiger partial charge is 0.507 e. The minimum Gasteiger partial charge on any atom is -0.507 e. The van der Waals surface area contributed by atoms with Gasteiger partial charge in [-0.15, -0.1) is 0 Å². The highest BCUT2D eigenvalue weighted by atomic mass is 16.4. The highest BCUT2D eigenvalue weighted by Gasteiger charge is 2.18. The Labute approximate surface area is 127 Å². The van der Waals surface area contributed by atoms with Gasteiger partial charge in [0.05, 0.1) is 5.56 Å². The van der Waals surface area contributed by atoms with E-state index in [1.165, 1.54) is 12.1 Å². The summed E-state index contributed by atoms with van der Waals surface area (Å²) in [5.41, 5.74) is 0.926. The maximum absolute atomic E-state index is 11.6. The van der Waals surface area contributed by atoms with Gasteiger partial charge in [-0.1, -0.05) is 13.3 Å². The van der Waals surface area contributed by atoms with Gasteiger partial charge >= 0.3 is 11.6 Å². The van der Waals surface area contributed by atoms with E-state index in [-0.39, 0.29) is 17.9 Å². The molecule has 6 heteroatoms. The van der Waals surface area contributed by atoms with E-state index in [9.17, 15) is 14.7 Å². The van der Waals surface area contributed by atoms with Gasteiger partial charge in [0.15, 0.2) is 0 Å². The number of aryl methyl sites for hydroxylation is 1. The molecule has 0 aliphatic rings. The van der Waals surface area contributed by atoms with Crippen molar-refractivity contribution in [1.82, 2.24) is 5.32 Å². The lowest BCUT2D eigenvalue weighted by Crippen LogP contribution is -2.36. The summed E-state index contributed by atoms with van der Waals surface area (Å²) < 4.78 is 5.20. The van der Waals surface area contributed by atoms with Gasteiger partial charge in [-0.25, -0.2) is 4.79 Å². The number of aliphatic carboxylic acids is 1. The SMILES string of the molecule is CCC[C@@H](NCc1c(O)ccc2c(C)cc(=O)oc12)C(=O)O. The molecule has 3 N–H and O–H groups in total. The molecule has 2 aromatic rings. The van der Waals surface area contributed by atoms with Crippen LogP contribution in [0.2, 0.25) is 0 Å². The Kier molecular flexibility index (Phi) is 4.82. The average Bonchev–Trinajstić information content (AvgIpc) is 2.44. The van der Waals surface area contributed by atoms with Crippen LogP contribution >= 0.6 is 0 Å². The van der Waals surface area contributed by atoms with E-state index in [1.54, 1.807) is 13.0 Å². The summed E-state index contributed by atoms with van der Waals surface area (Å²) in [5, 5.41) is 22.8. The lowest BCUT2D eigenvalue weighted by Gasteiger charge is -2.15. The summed E-state index contributed by atoms with van der Waals surface area (Å²) in [5.74, 6) is -0.978. The van der Waals surface area contributed by atoms with Crippen molar-refractivity contribution in [2.45, 2.75) is 39.3 Å². The fourth-order valence-corrected chi connectivity index (χ4v) is 2.43. The van der Waals surface area contributed by atoms with E-state index < -0.39 is 17.6 Å². The Morgan fingerprint density at radius 3 is 2.77 bits per heavy atom. The lowest BCUT2D eigenvalue weighted by molar-refractivity contribution is -0.139. The second-order valence-corrected chi connectivity index (χ2v) is 5.25. The molecular formula is C16H19NO5. The van der Waals surface area contributed by atoms with E-state index in [1.807, 2.05) is 6.92 Å². The number of rotatable bonds is 6. The van der Waals surface area contributed by atoms with Gasteiger partial charge < -0.3 is 19.9 Å². The van der Waals surface area contributed by atoms with Crippen molar-refractivity contribution >= 4 is 16.9 Å². The zero-order chi connectivity index (χ0) is 16.3. The molecule has 0 bridgehead atoms. The second-order valence-electron chi connectivity index (χ2n) is 5.25. The van der Waals surface area contributed by atoms with Crippen molar-refractivity contribution in [3.63, 3.8) is 0 Å². The number of benzene rings is 1. The van der Waals surface area contributed by atoms with E-state index >= 15 is 0 Å². The average molecular weight is 305 g/mol. The molecule has 1 aromatic heterocycles. The summed E-state index contributed by atoms with van der Waals surface area (Å²) in [6, 6.07) is 3.86. The quantitative estimate of drug-likeness (QED) is 0.707. The van der Waals surface area contributed by atoms with Crippen LogP contribution in [-0.4, -0.2) is 22.2 Å². The molecule has 0 amide bonds. The first kappa shape index (κ1) is 16.0. The van der Waals surface area contributed by atoms with Crippen LogP contribution in [0.15, 0.2) is 27.4 Å². The number of phenols is 1. The third-order valence-corrected chi connectivity index (χ3v) is 3.60. The summed E-state index contributed by atoms with van der Waals surface area (Å²) in [7, 11) is 0. The molecule has 0 saturated carbocycles. The van der Waals surface area contributed by atoms with Crippen molar-refractivity contribution in [2.24, 2.45) is 0 Å². The maximum Gasteiger partial charge on any atom is 0.336 e. The Balaban J connectivity index is 2.40. The van der Waals surface area contributed by atoms with Crippen LogP contribution in [0.1, 0.15) is 30.9 Å². The summed E-state index contributed by atoms with van der Waals surface area (Å²) in [4.78, 5) is 22.7. The molecule has 0 aliphatic carbocycles. The highest BCUT2D eigenvalue weighted by molar-refractivity contribution is 5.85. The fourth-order valence-electron chi connectivity index (χ4n) is 2.43. The predicted molar refractivity (Wildman–Crippen MR) is 82.1 cm³/mol. The molecule has 0 saturated heterocycles. The van der Waals surface area contributed by atoms with Crippen molar-refractivity contribution in [1.29, 1.82) is 0 Å². The van der Waals surface area contributed by atoms with Gasteiger partial charge in [0.1, 0.15) is 17.4 Å². The van der Waals surface area contributed by atoms with Crippen LogP contribution in [-0.2, 0) is 11.3 Å². The first-order chi connectivity index (χ1) is 10.4. The number of aromatic hydroxyl groups is 1. The minimum atomic E-state index is -0.945. The van der Waals surface area contributed by atoms with Crippen molar-refractivity contribution in [3.05, 3.63) is 39.7 Å². The van der Waals surface area contributed by atoms with Gasteiger partial charge in [0.25, 0.3) is 0 Å². The van der Waals surface area contributed by atoms with E-state index in [2.05, 4.69) is 5.32 Å². The molecule has 0 radical (unpaired) electrons. The lowest BCUT2D eigenvalue weighted by atomic mass is 10.1. The molecule has 1 atom stereocenters. The smallest absolute Gasteiger partial charge is 0.336 e. The van der Waals surface area contributed by atoms with Gasteiger partial charge in [-0.2, -0.15) is 0 Å². The van der Waals surface area contributed by atoms with Gasteiger partial charge in [-0.05, 0) is 31.0 Å². The number of phenolic OH excluding ortho intramolecular Hbond substituents is 1. The van der Waals surface area contributed by atoms with Crippen LogP contribution in [0.3, 0.4) is 0 Å². The predicted octanol–water partition coefficient (Wildman–Crippen LogP) is 2.15. The maximum atomic E-state index is 11.6. The number of hydrogen-bond donors (Lipinski definition) is 3. The number of fused-ring (bicyclic) bond motifs is 1. The van der Waals surface area contributed by atoms with E-state index in [4.69, 9.17) is 9.52 Å². The molecule has 118 valence electrons. The van der Waals surface area contributed by atoms with Gasteiger partial charge in [0, 0.05) is 18.0 Å². The molecule has 0 aliphatic heterocycles. The Bertz CT molecular complexity index is 750. The van der Waals surface area contributed by atoms with Crippen LogP contribution in [0, 0.1) is 6.92 Å². The monoisotopic (exact) mass is 305 g/mol. The number of hydrogen-bond acceptors (Lipinski definition) is 5. The van der Waals surface area contributed by atoms with Crippen molar-refractivity contribution in [3.8, 4) is 5.75 Å². The van der Waals surface area contributed by atoms with Crippen molar-refractivity contribution < 1.29 is 19.4 Å². The van der Waals surface area contributed by atoms with Crippen LogP contribution < -0.4 is 10.9 Å². The van der Waals surface area contributed by atoms with Crippen LogP contribution in [0.4, 0.5) is 0 Å². The second kappa shape index (κ2) is 6.62. The normalized spacial score (nSPS) is 12.5. The fraction of sp³-hybridized carbons (Fsp3) is 0.375. The Hall–Kier alpha value is -2.34. The summed E-state index contributed by atoms with van der Waals surface area (Å²) >= 11 is 0. The highest BCUT2D eigenvalue weighted by Crippen LogP contribution is 2.28. The molecular weight excluding hydrogens is 286 g/mol. The molecule has 1 aromatic carbocycles. The molecule has 2 rings (SSSR count). The topological polar surface area (TPSA) is 99.8 Å². The van der Waals surface area contributed by atoms with Crippen molar-refractivity contribution in [2.75, 3.05) is 0 Å². The summed E-state index contributed by atoms with van der Waals surface area (Å²) in [6.45, 7) is 3.78. The molecule has 0 fully saturated rings. The van der Waals surface area contributed by atoms with E-state index in [0.29, 0.717) is 12.0 Å². The zero-order valence-corrected chi connectivity index (χ0v) is 12.5. The zero-order valence-electron chi connectivity index (χ0n) is 12.5. The molecule has 0 unspecified atom stereocenters. The third-order valence-electron chi connectivity index (χ3n) is 3.60. The molecule has 0 spiro atoms. The van der Waals surface area contributed by atoms with Gasteiger partial charge in [0.2, 0.25) is 0 Å². The number of carboxylic acids is 1. The Morgan fingerprint density at radius 1 is 1.41 bits per heavy atom. The van der Waals surface area contributed by atoms with Crippen LogP contribution in [0.5, 0.6) is 5.75 Å². The van der Waals surface area contributed by atoms with E-state index in [0.717, 1.165) is 17.4 Å². The third kappa shape index (κ3) is 3.28. The first-order valence-electron chi connectivity index (χ1n) is 7.15. The number of nitrogens with one attached hydrogen (secondary N) is 1. The van der Waals surface area contributed by atoms with Gasteiger partial charge in [-0.3, -0.25) is 4.79 Å². The first-order valence-corrected chi connectivity index (χ1v) is 7.15. The molecule has 6 nitrogen and oxygen atoms in total. The minimum absolute atomic E-state index is 0.0330. The number of carboxylic acid groups (broad SMARTS) is 1. The Morgan fingerprint density at radius 2 is 2.14 bits per heavy atom. The molecule has 1 heterocycles. The standard InChI is InChI=1S/C16H19NO5/c1-3-4-12(16(20)21)17-8-11-13(18)6-5-10-9(2)7-14(19)22-15(10)11/h5-7,12,17-18H,3-4,8H2,1-2H3,(H,20,21)/t12-/m1/s1.